The molecule has 122 valence electrons. The smallest absolute Gasteiger partial charge is 0.338 e. The Morgan fingerprint density at radius 2 is 1.88 bits per heavy atom. The lowest BCUT2D eigenvalue weighted by Gasteiger charge is -2.14. The number of methoxy groups -OCH3 is 1. The molecule has 0 aliphatic rings. The van der Waals surface area contributed by atoms with Crippen molar-refractivity contribution in [1.29, 1.82) is 5.26 Å². The molecular weight excluding hydrogens is 308 g/mol. The minimum absolute atomic E-state index is 0.273. The molecule has 2 aromatic rings. The molecule has 2 aromatic carbocycles. The Hall–Kier alpha value is -3.33. The SMILES string of the molecule is COc1cccc(NC(=O)[C@H](C)OC(=O)c2ccc(C#N)cc2)c1. The highest BCUT2D eigenvalue weighted by Crippen LogP contribution is 2.17. The zero-order chi connectivity index (χ0) is 17.5. The van der Waals surface area contributed by atoms with Crippen molar-refractivity contribution in [3.05, 3.63) is 59.7 Å². The standard InChI is InChI=1S/C18H16N2O4/c1-12(17(21)20-15-4-3-5-16(10-15)23-2)24-18(22)14-8-6-13(11-19)7-9-14/h3-10,12H,1-2H3,(H,20,21)/t12-/m0/s1. The van der Waals surface area contributed by atoms with Crippen LogP contribution < -0.4 is 10.1 Å². The lowest BCUT2D eigenvalue weighted by Crippen LogP contribution is -2.30. The van der Waals surface area contributed by atoms with Crippen LogP contribution in [0.3, 0.4) is 0 Å². The van der Waals surface area contributed by atoms with E-state index in [0.29, 0.717) is 17.0 Å². The Morgan fingerprint density at radius 1 is 1.17 bits per heavy atom. The number of esters is 1. The summed E-state index contributed by atoms with van der Waals surface area (Å²) in [5, 5.41) is 11.4. The molecule has 0 aromatic heterocycles. The van der Waals surface area contributed by atoms with Gasteiger partial charge in [0, 0.05) is 11.8 Å². The molecule has 2 rings (SSSR count). The summed E-state index contributed by atoms with van der Waals surface area (Å²) in [5.74, 6) is -0.479. The van der Waals surface area contributed by atoms with Crippen LogP contribution in [0.25, 0.3) is 0 Å². The number of carbonyl (C=O) groups is 2. The highest BCUT2D eigenvalue weighted by Gasteiger charge is 2.19. The summed E-state index contributed by atoms with van der Waals surface area (Å²) < 4.78 is 10.2. The van der Waals surface area contributed by atoms with Gasteiger partial charge in [0.05, 0.1) is 24.3 Å². The van der Waals surface area contributed by atoms with Crippen LogP contribution in [0, 0.1) is 11.3 Å². The van der Waals surface area contributed by atoms with Gasteiger partial charge in [-0.05, 0) is 43.3 Å². The van der Waals surface area contributed by atoms with E-state index in [-0.39, 0.29) is 5.56 Å². The molecule has 24 heavy (non-hydrogen) atoms. The van der Waals surface area contributed by atoms with Gasteiger partial charge >= 0.3 is 5.97 Å². The van der Waals surface area contributed by atoms with Gasteiger partial charge in [-0.15, -0.1) is 0 Å². The van der Waals surface area contributed by atoms with Gasteiger partial charge in [-0.25, -0.2) is 4.79 Å². The number of nitriles is 1. The molecule has 1 atom stereocenters. The molecule has 6 nitrogen and oxygen atoms in total. The molecule has 0 aliphatic carbocycles. The first-order valence-corrected chi connectivity index (χ1v) is 7.19. The topological polar surface area (TPSA) is 88.4 Å². The maximum Gasteiger partial charge on any atom is 0.338 e. The second-order valence-corrected chi connectivity index (χ2v) is 4.96. The van der Waals surface area contributed by atoms with Gasteiger partial charge in [-0.2, -0.15) is 5.26 Å². The minimum atomic E-state index is -0.973. The van der Waals surface area contributed by atoms with Crippen LogP contribution in [0.5, 0.6) is 5.75 Å². The number of hydrogen-bond donors (Lipinski definition) is 1. The molecule has 0 saturated heterocycles. The van der Waals surface area contributed by atoms with Gasteiger partial charge < -0.3 is 14.8 Å². The van der Waals surface area contributed by atoms with E-state index in [1.54, 1.807) is 24.3 Å². The summed E-state index contributed by atoms with van der Waals surface area (Å²) in [4.78, 5) is 24.1. The maximum absolute atomic E-state index is 12.1. The van der Waals surface area contributed by atoms with E-state index >= 15 is 0 Å². The highest BCUT2D eigenvalue weighted by atomic mass is 16.5. The Morgan fingerprint density at radius 3 is 2.50 bits per heavy atom. The third kappa shape index (κ3) is 4.34. The molecule has 0 bridgehead atoms. The van der Waals surface area contributed by atoms with E-state index in [1.807, 2.05) is 6.07 Å². The fourth-order valence-electron chi connectivity index (χ4n) is 1.91. The fourth-order valence-corrected chi connectivity index (χ4v) is 1.91. The Bertz CT molecular complexity index is 778. The van der Waals surface area contributed by atoms with Gasteiger partial charge in [0.15, 0.2) is 6.10 Å². The summed E-state index contributed by atoms with van der Waals surface area (Å²) in [6.07, 6.45) is -0.973. The van der Waals surface area contributed by atoms with Gasteiger partial charge in [0.2, 0.25) is 0 Å². The van der Waals surface area contributed by atoms with E-state index in [2.05, 4.69) is 5.32 Å². The summed E-state index contributed by atoms with van der Waals surface area (Å²) >= 11 is 0. The van der Waals surface area contributed by atoms with E-state index in [9.17, 15) is 9.59 Å². The molecule has 0 radical (unpaired) electrons. The summed E-state index contributed by atoms with van der Waals surface area (Å²) in [7, 11) is 1.53. The first kappa shape index (κ1) is 17.0. The number of benzene rings is 2. The molecule has 1 amide bonds. The van der Waals surface area contributed by atoms with Crippen molar-refractivity contribution in [2.24, 2.45) is 0 Å². The van der Waals surface area contributed by atoms with Crippen LogP contribution in [-0.4, -0.2) is 25.1 Å². The van der Waals surface area contributed by atoms with E-state index in [0.717, 1.165) is 0 Å². The Labute approximate surface area is 139 Å². The minimum Gasteiger partial charge on any atom is -0.497 e. The van der Waals surface area contributed by atoms with Crippen LogP contribution in [0.2, 0.25) is 0 Å². The number of amides is 1. The predicted octanol–water partition coefficient (Wildman–Crippen LogP) is 2.75. The molecule has 1 N–H and O–H groups in total. The van der Waals surface area contributed by atoms with Crippen LogP contribution >= 0.6 is 0 Å². The summed E-state index contributed by atoms with van der Waals surface area (Å²) in [6.45, 7) is 1.48. The average molecular weight is 324 g/mol. The highest BCUT2D eigenvalue weighted by molar-refractivity contribution is 5.97. The molecule has 0 unspecified atom stereocenters. The Kier molecular flexibility index (Phi) is 5.53. The number of hydrogen-bond acceptors (Lipinski definition) is 5. The summed E-state index contributed by atoms with van der Waals surface area (Å²) in [6, 6.07) is 14.8. The first-order chi connectivity index (χ1) is 11.5. The van der Waals surface area contributed by atoms with E-state index < -0.39 is 18.0 Å². The Balaban J connectivity index is 1.97. The van der Waals surface area contributed by atoms with Crippen molar-refractivity contribution >= 4 is 17.6 Å². The first-order valence-electron chi connectivity index (χ1n) is 7.19. The van der Waals surface area contributed by atoms with E-state index in [4.69, 9.17) is 14.7 Å². The van der Waals surface area contributed by atoms with Crippen LogP contribution in [0.4, 0.5) is 5.69 Å². The van der Waals surface area contributed by atoms with Crippen molar-refractivity contribution in [3.63, 3.8) is 0 Å². The monoisotopic (exact) mass is 324 g/mol. The third-order valence-electron chi connectivity index (χ3n) is 3.24. The van der Waals surface area contributed by atoms with Gasteiger partial charge in [0.1, 0.15) is 5.75 Å². The predicted molar refractivity (Wildman–Crippen MR) is 87.7 cm³/mol. The van der Waals surface area contributed by atoms with Crippen molar-refractivity contribution in [3.8, 4) is 11.8 Å². The second kappa shape index (κ2) is 7.79. The quantitative estimate of drug-likeness (QED) is 0.854. The maximum atomic E-state index is 12.1. The molecule has 0 aliphatic heterocycles. The number of anilines is 1. The largest absolute Gasteiger partial charge is 0.497 e. The number of nitrogens with zero attached hydrogens (tertiary/aromatic N) is 1. The lowest BCUT2D eigenvalue weighted by molar-refractivity contribution is -0.123. The lowest BCUT2D eigenvalue weighted by atomic mass is 10.1. The number of carbonyl (C=O) groups excluding carboxylic acids is 2. The number of rotatable bonds is 5. The molecule has 0 heterocycles. The van der Waals surface area contributed by atoms with Crippen molar-refractivity contribution in [2.45, 2.75) is 13.0 Å². The van der Waals surface area contributed by atoms with Crippen molar-refractivity contribution in [1.82, 2.24) is 0 Å². The van der Waals surface area contributed by atoms with Crippen LogP contribution in [0.1, 0.15) is 22.8 Å². The van der Waals surface area contributed by atoms with Gasteiger partial charge in [-0.1, -0.05) is 6.07 Å². The zero-order valence-electron chi connectivity index (χ0n) is 13.3. The van der Waals surface area contributed by atoms with Crippen LogP contribution in [-0.2, 0) is 9.53 Å². The van der Waals surface area contributed by atoms with Crippen molar-refractivity contribution < 1.29 is 19.1 Å². The summed E-state index contributed by atoms with van der Waals surface area (Å²) in [5.41, 5.74) is 1.26. The van der Waals surface area contributed by atoms with E-state index in [1.165, 1.54) is 38.3 Å². The molecule has 0 saturated carbocycles. The molecule has 0 spiro atoms. The molecule has 0 fully saturated rings. The van der Waals surface area contributed by atoms with Gasteiger partial charge in [0.25, 0.3) is 5.91 Å². The fraction of sp³-hybridized carbons (Fsp3) is 0.167. The number of nitrogens with one attached hydrogen (secondary N) is 1. The average Bonchev–Trinajstić information content (AvgIpc) is 2.61. The third-order valence-corrected chi connectivity index (χ3v) is 3.24. The second-order valence-electron chi connectivity index (χ2n) is 4.96. The van der Waals surface area contributed by atoms with Gasteiger partial charge in [-0.3, -0.25) is 4.79 Å². The van der Waals surface area contributed by atoms with Crippen LogP contribution in [0.15, 0.2) is 48.5 Å². The van der Waals surface area contributed by atoms with Crippen molar-refractivity contribution in [2.75, 3.05) is 12.4 Å². The zero-order valence-corrected chi connectivity index (χ0v) is 13.3. The molecular formula is C18H16N2O4. The molecule has 6 heteroatoms. The normalized spacial score (nSPS) is 11.0. The number of ether oxygens (including phenoxy) is 2.